The quantitative estimate of drug-likeness (QED) is 0.877. The van der Waals surface area contributed by atoms with E-state index in [0.29, 0.717) is 30.8 Å². The lowest BCUT2D eigenvalue weighted by molar-refractivity contribution is -0.115. The Hall–Kier alpha value is -1.40. The maximum Gasteiger partial charge on any atom is 0.243 e. The molecular weight excluding hydrogens is 276 g/mol. The Morgan fingerprint density at radius 2 is 1.80 bits per heavy atom. The monoisotopic (exact) mass is 298 g/mol. The van der Waals surface area contributed by atoms with Crippen LogP contribution in [0.3, 0.4) is 0 Å². The zero-order chi connectivity index (χ0) is 15.3. The van der Waals surface area contributed by atoms with Gasteiger partial charge in [-0.05, 0) is 24.6 Å². The van der Waals surface area contributed by atoms with Crippen molar-refractivity contribution in [3.8, 4) is 0 Å². The highest BCUT2D eigenvalue weighted by Gasteiger charge is 2.23. The van der Waals surface area contributed by atoms with Crippen LogP contribution in [0.4, 0.5) is 5.69 Å². The molecule has 20 heavy (non-hydrogen) atoms. The minimum Gasteiger partial charge on any atom is -0.326 e. The Morgan fingerprint density at radius 1 is 1.20 bits per heavy atom. The average molecular weight is 298 g/mol. The molecule has 0 saturated heterocycles. The number of nitrogens with one attached hydrogen (secondary N) is 1. The number of amides is 1. The summed E-state index contributed by atoms with van der Waals surface area (Å²) in [4.78, 5) is 11.6. The summed E-state index contributed by atoms with van der Waals surface area (Å²) in [6, 6.07) is 4.95. The first-order valence-electron chi connectivity index (χ1n) is 6.77. The van der Waals surface area contributed by atoms with E-state index in [-0.39, 0.29) is 10.8 Å². The van der Waals surface area contributed by atoms with Crippen LogP contribution in [0.2, 0.25) is 0 Å². The minimum atomic E-state index is -3.51. The van der Waals surface area contributed by atoms with Crippen molar-refractivity contribution in [2.24, 2.45) is 0 Å². The molecule has 0 unspecified atom stereocenters. The van der Waals surface area contributed by atoms with Crippen molar-refractivity contribution in [3.05, 3.63) is 23.8 Å². The van der Waals surface area contributed by atoms with E-state index < -0.39 is 10.0 Å². The number of nitrogens with zero attached hydrogens (tertiary/aromatic N) is 1. The van der Waals surface area contributed by atoms with Gasteiger partial charge in [-0.1, -0.05) is 26.8 Å². The highest BCUT2D eigenvalue weighted by molar-refractivity contribution is 7.89. The van der Waals surface area contributed by atoms with Crippen molar-refractivity contribution < 1.29 is 13.2 Å². The van der Waals surface area contributed by atoms with E-state index in [2.05, 4.69) is 5.32 Å². The van der Waals surface area contributed by atoms with E-state index in [1.54, 1.807) is 39.8 Å². The smallest absolute Gasteiger partial charge is 0.243 e. The van der Waals surface area contributed by atoms with Gasteiger partial charge in [0.1, 0.15) is 0 Å². The van der Waals surface area contributed by atoms with E-state index in [1.165, 1.54) is 10.4 Å². The lowest BCUT2D eigenvalue weighted by atomic mass is 10.2. The van der Waals surface area contributed by atoms with Crippen LogP contribution in [-0.4, -0.2) is 31.7 Å². The standard InChI is InChI=1S/C14H22N2O3S/c1-5-14(17)15-12-9-8-11(4)13(10-12)20(18,19)16(6-2)7-3/h8-10H,5-7H2,1-4H3,(H,15,17). The first kappa shape index (κ1) is 16.7. The number of carbonyl (C=O) groups is 1. The van der Waals surface area contributed by atoms with Gasteiger partial charge in [0.25, 0.3) is 0 Å². The van der Waals surface area contributed by atoms with Gasteiger partial charge in [0.2, 0.25) is 15.9 Å². The highest BCUT2D eigenvalue weighted by Crippen LogP contribution is 2.23. The third-order valence-corrected chi connectivity index (χ3v) is 5.31. The largest absolute Gasteiger partial charge is 0.326 e. The Labute approximate surface area is 121 Å². The number of aryl methyl sites for hydroxylation is 1. The van der Waals surface area contributed by atoms with Crippen molar-refractivity contribution >= 4 is 21.6 Å². The van der Waals surface area contributed by atoms with Crippen LogP contribution in [0.5, 0.6) is 0 Å². The second-order valence-corrected chi connectivity index (χ2v) is 6.38. The molecular formula is C14H22N2O3S. The van der Waals surface area contributed by atoms with Gasteiger partial charge in [0.15, 0.2) is 0 Å². The fraction of sp³-hybridized carbons (Fsp3) is 0.500. The summed E-state index contributed by atoms with van der Waals surface area (Å²) in [6.45, 7) is 7.95. The van der Waals surface area contributed by atoms with Crippen LogP contribution >= 0.6 is 0 Å². The van der Waals surface area contributed by atoms with Crippen LogP contribution in [-0.2, 0) is 14.8 Å². The van der Waals surface area contributed by atoms with Gasteiger partial charge < -0.3 is 5.32 Å². The molecule has 1 aromatic rings. The number of hydrogen-bond donors (Lipinski definition) is 1. The van der Waals surface area contributed by atoms with E-state index in [4.69, 9.17) is 0 Å². The van der Waals surface area contributed by atoms with Crippen LogP contribution in [0.15, 0.2) is 23.1 Å². The predicted octanol–water partition coefficient (Wildman–Crippen LogP) is 2.37. The maximum atomic E-state index is 12.5. The van der Waals surface area contributed by atoms with Gasteiger partial charge in [-0.2, -0.15) is 4.31 Å². The summed E-state index contributed by atoms with van der Waals surface area (Å²) in [5.41, 5.74) is 1.18. The van der Waals surface area contributed by atoms with Gasteiger partial charge in [-0.25, -0.2) is 8.42 Å². The molecule has 5 nitrogen and oxygen atoms in total. The first-order valence-corrected chi connectivity index (χ1v) is 8.21. The molecule has 1 aromatic carbocycles. The molecule has 0 atom stereocenters. The summed E-state index contributed by atoms with van der Waals surface area (Å²) < 4.78 is 26.5. The molecule has 0 heterocycles. The Bertz CT molecular complexity index is 578. The number of carbonyl (C=O) groups excluding carboxylic acids is 1. The second kappa shape index (κ2) is 6.85. The molecule has 1 rings (SSSR count). The fourth-order valence-corrected chi connectivity index (χ4v) is 3.62. The zero-order valence-corrected chi connectivity index (χ0v) is 13.3. The lowest BCUT2D eigenvalue weighted by Crippen LogP contribution is -2.31. The molecule has 112 valence electrons. The van der Waals surface area contributed by atoms with Crippen molar-refractivity contribution in [3.63, 3.8) is 0 Å². The third-order valence-electron chi connectivity index (χ3n) is 3.12. The third kappa shape index (κ3) is 3.58. The topological polar surface area (TPSA) is 66.5 Å². The highest BCUT2D eigenvalue weighted by atomic mass is 32.2. The molecule has 1 N–H and O–H groups in total. The molecule has 0 radical (unpaired) electrons. The van der Waals surface area contributed by atoms with Crippen molar-refractivity contribution in [2.45, 2.75) is 39.0 Å². The molecule has 0 aliphatic rings. The predicted molar refractivity (Wildman–Crippen MR) is 80.2 cm³/mol. The maximum absolute atomic E-state index is 12.5. The van der Waals surface area contributed by atoms with Crippen LogP contribution in [0.1, 0.15) is 32.8 Å². The summed E-state index contributed by atoms with van der Waals surface area (Å²) in [5.74, 6) is -0.139. The molecule has 1 amide bonds. The number of hydrogen-bond acceptors (Lipinski definition) is 3. The van der Waals surface area contributed by atoms with Gasteiger partial charge in [0.05, 0.1) is 4.90 Å². The van der Waals surface area contributed by atoms with Crippen molar-refractivity contribution in [1.29, 1.82) is 0 Å². The molecule has 0 aromatic heterocycles. The van der Waals surface area contributed by atoms with Crippen molar-refractivity contribution in [1.82, 2.24) is 4.31 Å². The second-order valence-electron chi connectivity index (χ2n) is 4.47. The number of benzene rings is 1. The SMILES string of the molecule is CCC(=O)Nc1ccc(C)c(S(=O)(=O)N(CC)CC)c1. The zero-order valence-electron chi connectivity index (χ0n) is 12.4. The van der Waals surface area contributed by atoms with Crippen LogP contribution in [0.25, 0.3) is 0 Å². The Morgan fingerprint density at radius 3 is 2.30 bits per heavy atom. The number of sulfonamides is 1. The number of rotatable bonds is 6. The fourth-order valence-electron chi connectivity index (χ4n) is 1.91. The van der Waals surface area contributed by atoms with E-state index in [0.717, 1.165) is 0 Å². The summed E-state index contributed by atoms with van der Waals surface area (Å²) >= 11 is 0. The summed E-state index contributed by atoms with van der Waals surface area (Å²) in [6.07, 6.45) is 0.353. The van der Waals surface area contributed by atoms with Gasteiger partial charge in [-0.15, -0.1) is 0 Å². The van der Waals surface area contributed by atoms with E-state index in [1.807, 2.05) is 0 Å². The lowest BCUT2D eigenvalue weighted by Gasteiger charge is -2.20. The summed E-state index contributed by atoms with van der Waals surface area (Å²) in [5, 5.41) is 2.68. The summed E-state index contributed by atoms with van der Waals surface area (Å²) in [7, 11) is -3.51. The van der Waals surface area contributed by atoms with Gasteiger partial charge >= 0.3 is 0 Å². The van der Waals surface area contributed by atoms with E-state index >= 15 is 0 Å². The van der Waals surface area contributed by atoms with Crippen LogP contribution in [0, 0.1) is 6.92 Å². The molecule has 0 saturated carbocycles. The Balaban J connectivity index is 3.23. The molecule has 0 aliphatic carbocycles. The molecule has 0 fully saturated rings. The van der Waals surface area contributed by atoms with Crippen LogP contribution < -0.4 is 5.32 Å². The normalized spacial score (nSPS) is 11.7. The minimum absolute atomic E-state index is 0.139. The van der Waals surface area contributed by atoms with Gasteiger partial charge in [0, 0.05) is 25.2 Å². The van der Waals surface area contributed by atoms with Gasteiger partial charge in [-0.3, -0.25) is 4.79 Å². The van der Waals surface area contributed by atoms with E-state index in [9.17, 15) is 13.2 Å². The molecule has 0 aliphatic heterocycles. The Kier molecular flexibility index (Phi) is 5.71. The molecule has 0 spiro atoms. The average Bonchev–Trinajstić information content (AvgIpc) is 2.41. The van der Waals surface area contributed by atoms with Crippen molar-refractivity contribution in [2.75, 3.05) is 18.4 Å². The number of anilines is 1. The first-order chi connectivity index (χ1) is 9.36. The molecule has 0 bridgehead atoms. The molecule has 6 heteroatoms.